The van der Waals surface area contributed by atoms with E-state index in [1.165, 1.54) is 19.1 Å². The Balaban J connectivity index is 0.000000257. The first-order valence-electron chi connectivity index (χ1n) is 6.71. The highest BCUT2D eigenvalue weighted by Crippen LogP contribution is 2.26. The van der Waals surface area contributed by atoms with Gasteiger partial charge in [0.05, 0.1) is 16.1 Å². The average Bonchev–Trinajstić information content (AvgIpc) is 2.51. The molecule has 2 rings (SSSR count). The first kappa shape index (κ1) is 20.4. The summed E-state index contributed by atoms with van der Waals surface area (Å²) in [4.78, 5) is 31.0. The summed E-state index contributed by atoms with van der Waals surface area (Å²) in [7, 11) is 0. The van der Waals surface area contributed by atoms with Gasteiger partial charge in [0, 0.05) is 21.7 Å². The molecule has 0 spiro atoms. The number of nitrogens with zero attached hydrogens (tertiary/aromatic N) is 1. The maximum Gasteiger partial charge on any atom is 0.336 e. The number of aromatic carboxylic acids is 2. The van der Waals surface area contributed by atoms with E-state index in [-0.39, 0.29) is 27.4 Å². The normalized spacial score (nSPS) is 9.76. The van der Waals surface area contributed by atoms with Gasteiger partial charge < -0.3 is 10.2 Å². The fourth-order valence-electron chi connectivity index (χ4n) is 1.90. The van der Waals surface area contributed by atoms with Crippen LogP contribution in [0.4, 0.5) is 5.69 Å². The summed E-state index contributed by atoms with van der Waals surface area (Å²) < 4.78 is 0. The highest BCUT2D eigenvalue weighted by Gasteiger charge is 2.19. The summed E-state index contributed by atoms with van der Waals surface area (Å²) in [6.07, 6.45) is 0. The number of nitro benzene ring substituents is 1. The predicted molar refractivity (Wildman–Crippen MR) is 93.0 cm³/mol. The first-order chi connectivity index (χ1) is 11.5. The van der Waals surface area contributed by atoms with Gasteiger partial charge in [0.15, 0.2) is 0 Å². The zero-order valence-corrected chi connectivity index (χ0v) is 14.6. The van der Waals surface area contributed by atoms with Crippen molar-refractivity contribution >= 4 is 40.8 Å². The second-order valence-electron chi connectivity index (χ2n) is 4.92. The second kappa shape index (κ2) is 8.46. The third kappa shape index (κ3) is 5.44. The van der Waals surface area contributed by atoms with Crippen molar-refractivity contribution < 1.29 is 24.7 Å². The minimum absolute atomic E-state index is 0.0414. The standard InChI is InChI=1S/C8H6ClNO4.C8H7ClO2/c1-4-6(8(11)12)2-5(9)3-7(4)10(13)14;1-5-2-3-6(9)4-7(5)8(10)11/h2-3H,1H3,(H,11,12);2-4H,1H3,(H,10,11). The number of halogens is 2. The SMILES string of the molecule is Cc1c(C(=O)O)cc(Cl)cc1[N+](=O)[O-].Cc1ccc(Cl)cc1C(=O)O. The third-order valence-corrected chi connectivity index (χ3v) is 3.66. The molecule has 0 fully saturated rings. The van der Waals surface area contributed by atoms with Crippen LogP contribution in [-0.4, -0.2) is 27.1 Å². The summed E-state index contributed by atoms with van der Waals surface area (Å²) in [6, 6.07) is 7.11. The fourth-order valence-corrected chi connectivity index (χ4v) is 2.29. The number of rotatable bonds is 3. The monoisotopic (exact) mass is 385 g/mol. The quantitative estimate of drug-likeness (QED) is 0.588. The van der Waals surface area contributed by atoms with Gasteiger partial charge in [-0.2, -0.15) is 0 Å². The molecule has 9 heteroatoms. The molecule has 0 saturated heterocycles. The van der Waals surface area contributed by atoms with Crippen LogP contribution in [0.15, 0.2) is 30.3 Å². The average molecular weight is 386 g/mol. The maximum absolute atomic E-state index is 10.7. The molecule has 7 nitrogen and oxygen atoms in total. The molecule has 25 heavy (non-hydrogen) atoms. The van der Waals surface area contributed by atoms with Gasteiger partial charge in [-0.25, -0.2) is 9.59 Å². The Morgan fingerprint density at radius 3 is 1.92 bits per heavy atom. The van der Waals surface area contributed by atoms with Gasteiger partial charge in [-0.05, 0) is 37.6 Å². The molecule has 2 N–H and O–H groups in total. The number of nitro groups is 1. The van der Waals surface area contributed by atoms with Crippen molar-refractivity contribution in [3.8, 4) is 0 Å². The van der Waals surface area contributed by atoms with Crippen LogP contribution in [0, 0.1) is 24.0 Å². The molecule has 0 aliphatic rings. The molecule has 2 aromatic rings. The molecular formula is C16H13Cl2NO6. The van der Waals surface area contributed by atoms with Crippen molar-refractivity contribution in [2.24, 2.45) is 0 Å². The van der Waals surface area contributed by atoms with E-state index in [1.807, 2.05) is 0 Å². The molecule has 0 amide bonds. The lowest BCUT2D eigenvalue weighted by Crippen LogP contribution is -2.02. The Morgan fingerprint density at radius 1 is 0.960 bits per heavy atom. The molecule has 0 heterocycles. The number of carboxylic acids is 2. The van der Waals surface area contributed by atoms with Crippen molar-refractivity contribution in [1.29, 1.82) is 0 Å². The minimum atomic E-state index is -1.23. The second-order valence-corrected chi connectivity index (χ2v) is 5.80. The maximum atomic E-state index is 10.7. The van der Waals surface area contributed by atoms with Crippen molar-refractivity contribution in [1.82, 2.24) is 0 Å². The lowest BCUT2D eigenvalue weighted by atomic mass is 10.1. The summed E-state index contributed by atoms with van der Waals surface area (Å²) in [5.74, 6) is -2.17. The van der Waals surface area contributed by atoms with Gasteiger partial charge in [0.25, 0.3) is 5.69 Å². The van der Waals surface area contributed by atoms with Crippen LogP contribution in [0.3, 0.4) is 0 Å². The molecule has 132 valence electrons. The van der Waals surface area contributed by atoms with E-state index >= 15 is 0 Å². The van der Waals surface area contributed by atoms with E-state index in [9.17, 15) is 19.7 Å². The van der Waals surface area contributed by atoms with Gasteiger partial charge in [-0.3, -0.25) is 10.1 Å². The number of carbonyl (C=O) groups is 2. The molecular weight excluding hydrogens is 373 g/mol. The molecule has 2 aromatic carbocycles. The molecule has 0 bridgehead atoms. The molecule has 0 atom stereocenters. The van der Waals surface area contributed by atoms with Crippen molar-refractivity contribution in [2.45, 2.75) is 13.8 Å². The molecule has 0 aliphatic heterocycles. The Labute approximate surface area is 152 Å². The minimum Gasteiger partial charge on any atom is -0.478 e. The highest BCUT2D eigenvalue weighted by atomic mass is 35.5. The van der Waals surface area contributed by atoms with Gasteiger partial charge in [-0.15, -0.1) is 0 Å². The lowest BCUT2D eigenvalue weighted by molar-refractivity contribution is -0.385. The zero-order valence-electron chi connectivity index (χ0n) is 13.1. The van der Waals surface area contributed by atoms with Crippen LogP contribution in [0.5, 0.6) is 0 Å². The van der Waals surface area contributed by atoms with E-state index in [0.29, 0.717) is 5.02 Å². The van der Waals surface area contributed by atoms with E-state index in [2.05, 4.69) is 0 Å². The van der Waals surface area contributed by atoms with Crippen LogP contribution < -0.4 is 0 Å². The van der Waals surface area contributed by atoms with E-state index in [0.717, 1.165) is 11.6 Å². The Kier molecular flexibility index (Phi) is 6.90. The van der Waals surface area contributed by atoms with Crippen LogP contribution in [-0.2, 0) is 0 Å². The van der Waals surface area contributed by atoms with Gasteiger partial charge >= 0.3 is 11.9 Å². The smallest absolute Gasteiger partial charge is 0.336 e. The molecule has 0 radical (unpaired) electrons. The number of carboxylic acid groups (broad SMARTS) is 2. The van der Waals surface area contributed by atoms with Crippen LogP contribution in [0.1, 0.15) is 31.8 Å². The summed E-state index contributed by atoms with van der Waals surface area (Å²) in [5, 5.41) is 28.3. The van der Waals surface area contributed by atoms with E-state index < -0.39 is 16.9 Å². The summed E-state index contributed by atoms with van der Waals surface area (Å²) >= 11 is 11.1. The third-order valence-electron chi connectivity index (χ3n) is 3.20. The van der Waals surface area contributed by atoms with Crippen LogP contribution in [0.25, 0.3) is 0 Å². The first-order valence-corrected chi connectivity index (χ1v) is 7.47. The number of aryl methyl sites for hydroxylation is 1. The lowest BCUT2D eigenvalue weighted by Gasteiger charge is -2.02. The highest BCUT2D eigenvalue weighted by molar-refractivity contribution is 6.31. The Morgan fingerprint density at radius 2 is 1.48 bits per heavy atom. The summed E-state index contributed by atoms with van der Waals surface area (Å²) in [6.45, 7) is 3.11. The van der Waals surface area contributed by atoms with Crippen LogP contribution >= 0.6 is 23.2 Å². The van der Waals surface area contributed by atoms with Gasteiger partial charge in [0.1, 0.15) is 0 Å². The zero-order chi connectivity index (χ0) is 19.3. The van der Waals surface area contributed by atoms with E-state index in [4.69, 9.17) is 33.4 Å². The fraction of sp³-hybridized carbons (Fsp3) is 0.125. The van der Waals surface area contributed by atoms with Crippen LogP contribution in [0.2, 0.25) is 10.0 Å². The van der Waals surface area contributed by atoms with Gasteiger partial charge in [-0.1, -0.05) is 29.3 Å². The van der Waals surface area contributed by atoms with Crippen molar-refractivity contribution in [2.75, 3.05) is 0 Å². The van der Waals surface area contributed by atoms with Gasteiger partial charge in [0.2, 0.25) is 0 Å². The largest absolute Gasteiger partial charge is 0.478 e. The molecule has 0 saturated carbocycles. The van der Waals surface area contributed by atoms with Crippen molar-refractivity contribution in [3.05, 3.63) is 72.7 Å². The van der Waals surface area contributed by atoms with Crippen molar-refractivity contribution in [3.63, 3.8) is 0 Å². The molecule has 0 unspecified atom stereocenters. The predicted octanol–water partition coefficient (Wildman–Crippen LogP) is 4.60. The Hall–Kier alpha value is -2.64. The topological polar surface area (TPSA) is 118 Å². The molecule has 0 aliphatic carbocycles. The molecule has 0 aromatic heterocycles. The summed E-state index contributed by atoms with van der Waals surface area (Å²) in [5.41, 5.74) is 0.658. The number of benzene rings is 2. The Bertz CT molecular complexity index is 816. The van der Waals surface area contributed by atoms with E-state index in [1.54, 1.807) is 19.1 Å². The number of hydrogen-bond acceptors (Lipinski definition) is 4. The number of hydrogen-bond donors (Lipinski definition) is 2.